The van der Waals surface area contributed by atoms with Crippen LogP contribution < -0.4 is 0 Å². The summed E-state index contributed by atoms with van der Waals surface area (Å²) in [7, 11) is 0. The minimum atomic E-state index is 1.46. The Morgan fingerprint density at radius 1 is 0.179 bits per heavy atom. The van der Waals surface area contributed by atoms with Crippen molar-refractivity contribution >= 4 is 43.1 Å². The van der Waals surface area contributed by atoms with E-state index in [4.69, 9.17) is 0 Å². The summed E-state index contributed by atoms with van der Waals surface area (Å²) in [5.74, 6) is 0. The summed E-state index contributed by atoms with van der Waals surface area (Å²) in [5.41, 5.74) is 14.7. The molecule has 5 aromatic rings. The molecule has 0 nitrogen and oxygen atoms in total. The highest BCUT2D eigenvalue weighted by Crippen LogP contribution is 2.53. The van der Waals surface area contributed by atoms with Crippen LogP contribution in [0.4, 0.5) is 0 Å². The van der Waals surface area contributed by atoms with E-state index in [9.17, 15) is 0 Å². The van der Waals surface area contributed by atoms with E-state index in [0.29, 0.717) is 0 Å². The highest BCUT2D eigenvalue weighted by atomic mass is 14.3. The van der Waals surface area contributed by atoms with Crippen molar-refractivity contribution in [2.45, 2.75) is 69.2 Å². The molecule has 0 atom stereocenters. The van der Waals surface area contributed by atoms with Gasteiger partial charge in [0, 0.05) is 0 Å². The van der Waals surface area contributed by atoms with Crippen LogP contribution in [0.2, 0.25) is 0 Å². The van der Waals surface area contributed by atoms with Crippen LogP contribution >= 0.6 is 0 Å². The van der Waals surface area contributed by atoms with Crippen molar-refractivity contribution in [3.63, 3.8) is 0 Å². The molecule has 0 aromatic heterocycles. The highest BCUT2D eigenvalue weighted by molar-refractivity contribution is 6.40. The summed E-state index contributed by atoms with van der Waals surface area (Å²) in [6.45, 7) is 23.1. The molecular weight excluding hydrogens is 336 g/mol. The molecule has 142 valence electrons. The van der Waals surface area contributed by atoms with Crippen molar-refractivity contribution in [2.75, 3.05) is 0 Å². The molecule has 0 saturated carbocycles. The van der Waals surface area contributed by atoms with E-state index in [0.717, 1.165) is 0 Å². The Bertz CT molecular complexity index is 1250. The van der Waals surface area contributed by atoms with E-state index in [1.54, 1.807) is 0 Å². The summed E-state index contributed by atoms with van der Waals surface area (Å²) >= 11 is 0. The Hall–Kier alpha value is -2.34. The molecule has 0 saturated heterocycles. The van der Waals surface area contributed by atoms with Crippen molar-refractivity contribution < 1.29 is 0 Å². The van der Waals surface area contributed by atoms with E-state index in [1.807, 2.05) is 0 Å². The number of aryl methyl sites for hydroxylation is 6. The molecule has 0 amide bonds. The van der Waals surface area contributed by atoms with Gasteiger partial charge in [0.1, 0.15) is 0 Å². The molecule has 5 aromatic carbocycles. The smallest absolute Gasteiger partial charge is 0.00574 e. The van der Waals surface area contributed by atoms with Gasteiger partial charge in [-0.1, -0.05) is 0 Å². The fraction of sp³-hybridized carbons (Fsp3) is 0.357. The third-order valence-corrected chi connectivity index (χ3v) is 8.38. The molecule has 0 radical (unpaired) electrons. The van der Waals surface area contributed by atoms with E-state index in [-0.39, 0.29) is 0 Å². The van der Waals surface area contributed by atoms with Gasteiger partial charge in [-0.15, -0.1) is 0 Å². The van der Waals surface area contributed by atoms with Gasteiger partial charge in [-0.3, -0.25) is 0 Å². The van der Waals surface area contributed by atoms with E-state index >= 15 is 0 Å². The number of fused-ring (bicyclic) bond motifs is 8. The third kappa shape index (κ3) is 1.66. The first kappa shape index (κ1) is 17.7. The van der Waals surface area contributed by atoms with Gasteiger partial charge < -0.3 is 0 Å². The first-order valence-electron chi connectivity index (χ1n) is 10.5. The Balaban J connectivity index is 2.11. The Morgan fingerprint density at radius 2 is 0.321 bits per heavy atom. The maximum Gasteiger partial charge on any atom is -0.00574 e. The number of rotatable bonds is 0. The van der Waals surface area contributed by atoms with Crippen LogP contribution in [0, 0.1) is 69.2 Å². The predicted molar refractivity (Wildman–Crippen MR) is 126 cm³/mol. The zero-order chi connectivity index (χ0) is 20.4. The van der Waals surface area contributed by atoms with Crippen LogP contribution in [0.3, 0.4) is 0 Å². The standard InChI is InChI=1S/C28H30/c1-11-12(2)16(6)22-21(15(11)5)25-19(9)27-23-17(7)13(3)14(4)18(8)24(23)28(27)20(10)26(22)25/h1-10H3. The Labute approximate surface area is 168 Å². The molecule has 0 fully saturated rings. The quantitative estimate of drug-likeness (QED) is 0.259. The Kier molecular flexibility index (Phi) is 3.28. The monoisotopic (exact) mass is 366 g/mol. The minimum absolute atomic E-state index is 1.46. The first-order valence-corrected chi connectivity index (χ1v) is 10.5. The molecule has 0 aliphatic carbocycles. The zero-order valence-electron chi connectivity index (χ0n) is 19.0. The maximum absolute atomic E-state index is 2.36. The lowest BCUT2D eigenvalue weighted by Crippen LogP contribution is -2.06. The molecule has 28 heavy (non-hydrogen) atoms. The number of benzene rings is 3. The molecule has 0 N–H and O–H groups in total. The van der Waals surface area contributed by atoms with Gasteiger partial charge in [0.25, 0.3) is 0 Å². The maximum atomic E-state index is 2.36. The van der Waals surface area contributed by atoms with Crippen molar-refractivity contribution in [3.8, 4) is 0 Å². The van der Waals surface area contributed by atoms with Crippen LogP contribution in [0.1, 0.15) is 55.6 Å². The van der Waals surface area contributed by atoms with Gasteiger partial charge in [-0.2, -0.15) is 0 Å². The van der Waals surface area contributed by atoms with Crippen molar-refractivity contribution in [1.82, 2.24) is 0 Å². The molecular formula is C28H30. The fourth-order valence-electron chi connectivity index (χ4n) is 6.00. The summed E-state index contributed by atoms with van der Waals surface area (Å²) in [6.07, 6.45) is 0. The molecule has 0 bridgehead atoms. The van der Waals surface area contributed by atoms with Crippen LogP contribution in [0.5, 0.6) is 0 Å². The average Bonchev–Trinajstić information content (AvgIpc) is 2.60. The average molecular weight is 367 g/mol. The van der Waals surface area contributed by atoms with Gasteiger partial charge in [0.2, 0.25) is 0 Å². The van der Waals surface area contributed by atoms with Crippen LogP contribution in [0.25, 0.3) is 43.1 Å². The first-order chi connectivity index (χ1) is 13.1. The van der Waals surface area contributed by atoms with Gasteiger partial charge >= 0.3 is 0 Å². The SMILES string of the molecule is Cc1c(C)c(C)c2c(c1C)c1c(C)c3c4c(C)c(C)c(C)c(C)c4c3c(C)c21. The third-order valence-electron chi connectivity index (χ3n) is 8.38. The van der Waals surface area contributed by atoms with Crippen LogP contribution in [0.15, 0.2) is 0 Å². The predicted octanol–water partition coefficient (Wildman–Crippen LogP) is 8.26. The lowest BCUT2D eigenvalue weighted by atomic mass is 9.73. The van der Waals surface area contributed by atoms with E-state index < -0.39 is 0 Å². The summed E-state index contributed by atoms with van der Waals surface area (Å²) < 4.78 is 0. The fourth-order valence-corrected chi connectivity index (χ4v) is 6.00. The number of hydrogen-bond donors (Lipinski definition) is 0. The van der Waals surface area contributed by atoms with Gasteiger partial charge in [0.15, 0.2) is 0 Å². The highest BCUT2D eigenvalue weighted by Gasteiger charge is 2.28. The molecule has 0 unspecified atom stereocenters. The van der Waals surface area contributed by atoms with E-state index in [2.05, 4.69) is 69.2 Å². The zero-order valence-corrected chi connectivity index (χ0v) is 19.0. The van der Waals surface area contributed by atoms with Crippen molar-refractivity contribution in [3.05, 3.63) is 55.6 Å². The van der Waals surface area contributed by atoms with Gasteiger partial charge in [-0.05, 0) is 168 Å². The summed E-state index contributed by atoms with van der Waals surface area (Å²) in [5, 5.41) is 12.2. The molecule has 0 heteroatoms. The molecule has 0 aliphatic rings. The lowest BCUT2D eigenvalue weighted by Gasteiger charge is -2.30. The molecule has 0 heterocycles. The van der Waals surface area contributed by atoms with Crippen molar-refractivity contribution in [2.24, 2.45) is 0 Å². The second kappa shape index (κ2) is 5.17. The largest absolute Gasteiger partial charge is 0.0443 e. The van der Waals surface area contributed by atoms with Crippen molar-refractivity contribution in [1.29, 1.82) is 0 Å². The van der Waals surface area contributed by atoms with Gasteiger partial charge in [0.05, 0.1) is 0 Å². The molecule has 0 aliphatic heterocycles. The van der Waals surface area contributed by atoms with Crippen LogP contribution in [-0.2, 0) is 0 Å². The lowest BCUT2D eigenvalue weighted by molar-refractivity contribution is 1.25. The van der Waals surface area contributed by atoms with E-state index in [1.165, 1.54) is 98.7 Å². The second-order valence-electron chi connectivity index (χ2n) is 9.25. The number of hydrogen-bond acceptors (Lipinski definition) is 0. The minimum Gasteiger partial charge on any atom is -0.0443 e. The molecule has 5 rings (SSSR count). The second-order valence-corrected chi connectivity index (χ2v) is 9.25. The normalized spacial score (nSPS) is 12.6. The topological polar surface area (TPSA) is 0 Å². The van der Waals surface area contributed by atoms with Gasteiger partial charge in [-0.25, -0.2) is 0 Å². The van der Waals surface area contributed by atoms with Crippen LogP contribution in [-0.4, -0.2) is 0 Å². The summed E-state index contributed by atoms with van der Waals surface area (Å²) in [6, 6.07) is 0. The summed E-state index contributed by atoms with van der Waals surface area (Å²) in [4.78, 5) is 0. The Morgan fingerprint density at radius 3 is 0.500 bits per heavy atom. The molecule has 0 spiro atoms.